The molecule has 3 aromatic rings. The maximum Gasteiger partial charge on any atom is 0.156 e. The molecule has 1 fully saturated rings. The summed E-state index contributed by atoms with van der Waals surface area (Å²) in [6, 6.07) is 10.3. The lowest BCUT2D eigenvalue weighted by Gasteiger charge is -2.26. The molecule has 3 heterocycles. The molecule has 6 nitrogen and oxygen atoms in total. The summed E-state index contributed by atoms with van der Waals surface area (Å²) >= 11 is 0. The van der Waals surface area contributed by atoms with E-state index in [2.05, 4.69) is 25.4 Å². The first-order chi connectivity index (χ1) is 13.3. The van der Waals surface area contributed by atoms with Gasteiger partial charge in [0.2, 0.25) is 0 Å². The smallest absolute Gasteiger partial charge is 0.156 e. The van der Waals surface area contributed by atoms with E-state index in [4.69, 9.17) is 4.74 Å². The zero-order valence-electron chi connectivity index (χ0n) is 15.0. The number of aromatic nitrogens is 3. The lowest BCUT2D eigenvalue weighted by molar-refractivity contribution is 0.0398. The molecular weight excluding hydrogens is 345 g/mol. The van der Waals surface area contributed by atoms with E-state index in [1.165, 1.54) is 12.1 Å². The molecule has 0 amide bonds. The number of rotatable bonds is 6. The molecule has 140 valence electrons. The van der Waals surface area contributed by atoms with Gasteiger partial charge in [-0.3, -0.25) is 15.0 Å². The molecule has 0 saturated carbocycles. The summed E-state index contributed by atoms with van der Waals surface area (Å²) in [4.78, 5) is 6.47. The number of pyridine rings is 1. The Hall–Kier alpha value is -2.77. The number of benzene rings is 1. The average molecular weight is 367 g/mol. The van der Waals surface area contributed by atoms with Crippen molar-refractivity contribution in [2.75, 3.05) is 44.7 Å². The topological polar surface area (TPSA) is 66.1 Å². The Labute approximate surface area is 157 Å². The van der Waals surface area contributed by atoms with Gasteiger partial charge in [0.25, 0.3) is 0 Å². The fourth-order valence-corrected chi connectivity index (χ4v) is 3.25. The molecule has 1 saturated heterocycles. The van der Waals surface area contributed by atoms with Gasteiger partial charge in [0, 0.05) is 44.1 Å². The number of halogens is 1. The van der Waals surface area contributed by atoms with Gasteiger partial charge in [-0.05, 0) is 42.0 Å². The van der Waals surface area contributed by atoms with Gasteiger partial charge in [0.15, 0.2) is 5.82 Å². The quantitative estimate of drug-likeness (QED) is 0.701. The normalized spacial score (nSPS) is 15.0. The number of aromatic amines is 1. The third-order valence-corrected chi connectivity index (χ3v) is 4.69. The van der Waals surface area contributed by atoms with E-state index in [0.29, 0.717) is 0 Å². The summed E-state index contributed by atoms with van der Waals surface area (Å²) in [6.07, 6.45) is 3.52. The first kappa shape index (κ1) is 17.6. The van der Waals surface area contributed by atoms with Crippen molar-refractivity contribution in [1.29, 1.82) is 0 Å². The monoisotopic (exact) mass is 367 g/mol. The van der Waals surface area contributed by atoms with E-state index in [0.717, 1.165) is 67.6 Å². The molecular formula is C20H22FN5O. The lowest BCUT2D eigenvalue weighted by atomic mass is 10.0. The number of anilines is 1. The molecule has 1 aliphatic heterocycles. The van der Waals surface area contributed by atoms with Crippen LogP contribution in [-0.2, 0) is 4.74 Å². The van der Waals surface area contributed by atoms with Gasteiger partial charge in [0.1, 0.15) is 5.82 Å². The van der Waals surface area contributed by atoms with E-state index in [-0.39, 0.29) is 5.82 Å². The van der Waals surface area contributed by atoms with E-state index < -0.39 is 0 Å². The molecule has 7 heteroatoms. The van der Waals surface area contributed by atoms with Crippen molar-refractivity contribution in [2.24, 2.45) is 0 Å². The Kier molecular flexibility index (Phi) is 5.41. The van der Waals surface area contributed by atoms with Crippen molar-refractivity contribution in [3.63, 3.8) is 0 Å². The highest BCUT2D eigenvalue weighted by Gasteiger charge is 2.17. The van der Waals surface area contributed by atoms with E-state index in [1.54, 1.807) is 24.5 Å². The predicted molar refractivity (Wildman–Crippen MR) is 103 cm³/mol. The Balaban J connectivity index is 1.58. The SMILES string of the molecule is Fc1ccc(-c2[nH]nc(NCCN3CCOCC3)c2-c2ccncc2)cc1. The van der Waals surface area contributed by atoms with Crippen molar-refractivity contribution >= 4 is 5.82 Å². The minimum atomic E-state index is -0.257. The second kappa shape index (κ2) is 8.28. The lowest BCUT2D eigenvalue weighted by Crippen LogP contribution is -2.39. The van der Waals surface area contributed by atoms with Gasteiger partial charge >= 0.3 is 0 Å². The first-order valence-electron chi connectivity index (χ1n) is 9.10. The summed E-state index contributed by atoms with van der Waals surface area (Å²) in [5.74, 6) is 0.529. The minimum absolute atomic E-state index is 0.257. The van der Waals surface area contributed by atoms with E-state index >= 15 is 0 Å². The maximum atomic E-state index is 13.3. The van der Waals surface area contributed by atoms with Crippen molar-refractivity contribution in [3.8, 4) is 22.4 Å². The van der Waals surface area contributed by atoms with Crippen LogP contribution in [0.1, 0.15) is 0 Å². The van der Waals surface area contributed by atoms with Crippen LogP contribution in [0.2, 0.25) is 0 Å². The molecule has 0 bridgehead atoms. The van der Waals surface area contributed by atoms with E-state index in [9.17, 15) is 4.39 Å². The van der Waals surface area contributed by atoms with Crippen molar-refractivity contribution in [2.45, 2.75) is 0 Å². The Bertz CT molecular complexity index is 860. The van der Waals surface area contributed by atoms with Crippen LogP contribution < -0.4 is 5.32 Å². The third kappa shape index (κ3) is 4.15. The summed E-state index contributed by atoms with van der Waals surface area (Å²) in [5.41, 5.74) is 3.71. The maximum absolute atomic E-state index is 13.3. The zero-order valence-corrected chi connectivity index (χ0v) is 15.0. The molecule has 27 heavy (non-hydrogen) atoms. The van der Waals surface area contributed by atoms with Gasteiger partial charge in [0.05, 0.1) is 24.5 Å². The van der Waals surface area contributed by atoms with Crippen LogP contribution >= 0.6 is 0 Å². The minimum Gasteiger partial charge on any atom is -0.379 e. The van der Waals surface area contributed by atoms with Gasteiger partial charge in [-0.2, -0.15) is 5.10 Å². The molecule has 1 aromatic carbocycles. The van der Waals surface area contributed by atoms with Gasteiger partial charge in [-0.15, -0.1) is 0 Å². The van der Waals surface area contributed by atoms with Crippen LogP contribution in [-0.4, -0.2) is 59.5 Å². The summed E-state index contributed by atoms with van der Waals surface area (Å²) in [7, 11) is 0. The number of hydrogen-bond donors (Lipinski definition) is 2. The molecule has 0 spiro atoms. The van der Waals surface area contributed by atoms with Crippen molar-refractivity contribution in [1.82, 2.24) is 20.1 Å². The van der Waals surface area contributed by atoms with Crippen LogP contribution in [0.25, 0.3) is 22.4 Å². The average Bonchev–Trinajstić information content (AvgIpc) is 3.14. The number of hydrogen-bond acceptors (Lipinski definition) is 5. The molecule has 0 atom stereocenters. The third-order valence-electron chi connectivity index (χ3n) is 4.69. The highest BCUT2D eigenvalue weighted by molar-refractivity contribution is 5.88. The number of morpholine rings is 1. The van der Waals surface area contributed by atoms with Crippen LogP contribution in [0.3, 0.4) is 0 Å². The predicted octanol–water partition coefficient (Wildman–Crippen LogP) is 3.02. The Morgan fingerprint density at radius 1 is 1.04 bits per heavy atom. The summed E-state index contributed by atoms with van der Waals surface area (Å²) in [5, 5.41) is 11.0. The molecule has 2 aromatic heterocycles. The highest BCUT2D eigenvalue weighted by Crippen LogP contribution is 2.35. The fourth-order valence-electron chi connectivity index (χ4n) is 3.25. The Morgan fingerprint density at radius 2 is 1.78 bits per heavy atom. The second-order valence-corrected chi connectivity index (χ2v) is 6.45. The summed E-state index contributed by atoms with van der Waals surface area (Å²) in [6.45, 7) is 5.21. The highest BCUT2D eigenvalue weighted by atomic mass is 19.1. The molecule has 0 radical (unpaired) electrons. The van der Waals surface area contributed by atoms with Gasteiger partial charge in [-0.1, -0.05) is 0 Å². The fraction of sp³-hybridized carbons (Fsp3) is 0.300. The number of nitrogens with one attached hydrogen (secondary N) is 2. The number of H-pyrrole nitrogens is 1. The summed E-state index contributed by atoms with van der Waals surface area (Å²) < 4.78 is 18.7. The van der Waals surface area contributed by atoms with Crippen LogP contribution in [0, 0.1) is 5.82 Å². The largest absolute Gasteiger partial charge is 0.379 e. The molecule has 2 N–H and O–H groups in total. The zero-order chi connectivity index (χ0) is 18.5. The molecule has 0 unspecified atom stereocenters. The second-order valence-electron chi connectivity index (χ2n) is 6.45. The van der Waals surface area contributed by atoms with E-state index in [1.807, 2.05) is 12.1 Å². The van der Waals surface area contributed by atoms with Crippen LogP contribution in [0.15, 0.2) is 48.8 Å². The Morgan fingerprint density at radius 3 is 2.52 bits per heavy atom. The van der Waals surface area contributed by atoms with Crippen LogP contribution in [0.5, 0.6) is 0 Å². The van der Waals surface area contributed by atoms with Crippen molar-refractivity contribution in [3.05, 3.63) is 54.6 Å². The number of nitrogens with zero attached hydrogens (tertiary/aromatic N) is 3. The first-order valence-corrected chi connectivity index (χ1v) is 9.10. The van der Waals surface area contributed by atoms with Crippen molar-refractivity contribution < 1.29 is 9.13 Å². The standard InChI is InChI=1S/C20H22FN5O/c21-17-3-1-16(2-4-17)19-18(15-5-7-22-8-6-15)20(25-24-19)23-9-10-26-11-13-27-14-12-26/h1-8H,9-14H2,(H2,23,24,25). The molecule has 1 aliphatic rings. The number of ether oxygens (including phenoxy) is 1. The molecule has 0 aliphatic carbocycles. The van der Waals surface area contributed by atoms with Gasteiger partial charge in [-0.25, -0.2) is 4.39 Å². The molecule has 4 rings (SSSR count). The van der Waals surface area contributed by atoms with Gasteiger partial charge < -0.3 is 10.1 Å². The van der Waals surface area contributed by atoms with Crippen LogP contribution in [0.4, 0.5) is 10.2 Å².